The van der Waals surface area contributed by atoms with Crippen LogP contribution >= 0.6 is 0 Å². The van der Waals surface area contributed by atoms with Crippen molar-refractivity contribution in [3.8, 4) is 23.1 Å². The molecule has 0 radical (unpaired) electrons. The fourth-order valence-corrected chi connectivity index (χ4v) is 4.65. The molecular weight excluding hydrogens is 428 g/mol. The summed E-state index contributed by atoms with van der Waals surface area (Å²) >= 11 is 0. The van der Waals surface area contributed by atoms with Crippen molar-refractivity contribution in [1.29, 1.82) is 0 Å². The van der Waals surface area contributed by atoms with Crippen LogP contribution in [0.4, 0.5) is 5.95 Å². The van der Waals surface area contributed by atoms with Crippen LogP contribution in [0.1, 0.15) is 45.3 Å². The van der Waals surface area contributed by atoms with E-state index in [-0.39, 0.29) is 5.95 Å². The Morgan fingerprint density at radius 3 is 2.68 bits per heavy atom. The van der Waals surface area contributed by atoms with Gasteiger partial charge < -0.3 is 15.4 Å². The number of fused-ring (bicyclic) bond motifs is 2. The molecule has 1 aliphatic carbocycles. The summed E-state index contributed by atoms with van der Waals surface area (Å²) in [7, 11) is 0. The van der Waals surface area contributed by atoms with Crippen LogP contribution in [0.5, 0.6) is 0 Å². The van der Waals surface area contributed by atoms with Gasteiger partial charge in [0.2, 0.25) is 5.95 Å². The molecule has 0 spiro atoms. The summed E-state index contributed by atoms with van der Waals surface area (Å²) in [5.41, 5.74) is 9.75. The molecule has 3 N–H and O–H groups in total. The minimum absolute atomic E-state index is 0.221. The van der Waals surface area contributed by atoms with Crippen LogP contribution < -0.4 is 5.73 Å². The van der Waals surface area contributed by atoms with Crippen molar-refractivity contribution in [3.05, 3.63) is 30.4 Å². The van der Waals surface area contributed by atoms with Crippen LogP contribution in [0.2, 0.25) is 0 Å². The molecule has 4 aromatic rings. The highest BCUT2D eigenvalue weighted by Gasteiger charge is 2.39. The third-order valence-electron chi connectivity index (χ3n) is 6.57. The Morgan fingerprint density at radius 2 is 1.97 bits per heavy atom. The Labute approximate surface area is 197 Å². The minimum atomic E-state index is -1.09. The quantitative estimate of drug-likeness (QED) is 0.454. The molecule has 2 fully saturated rings. The number of anilines is 1. The lowest BCUT2D eigenvalue weighted by atomic mass is 10.1. The van der Waals surface area contributed by atoms with Crippen LogP contribution in [0.25, 0.3) is 33.2 Å². The van der Waals surface area contributed by atoms with Gasteiger partial charge in [0.15, 0.2) is 0 Å². The van der Waals surface area contributed by atoms with Crippen molar-refractivity contribution in [1.82, 2.24) is 34.2 Å². The molecule has 0 amide bonds. The first-order chi connectivity index (χ1) is 16.3. The first-order valence-electron chi connectivity index (χ1n) is 11.8. The molecule has 4 aromatic heterocycles. The van der Waals surface area contributed by atoms with Gasteiger partial charge in [-0.25, -0.2) is 15.0 Å². The molecule has 1 aliphatic heterocycles. The molecule has 1 saturated heterocycles. The van der Waals surface area contributed by atoms with Crippen LogP contribution in [0.3, 0.4) is 0 Å². The standard InChI is InChI=1S/C25H28N8O/c1-4-32-14-20-23(30-32)22(29-24(26)28-20)19-13-33(17-11-31(12-17)16-5-6-16)21-10-27-15(9-18(19)21)7-8-25(2,3)34/h9-10,13-14,16-17,34H,4-6,11-12H2,1-3H3,(H2,26,28). The maximum Gasteiger partial charge on any atom is 0.221 e. The summed E-state index contributed by atoms with van der Waals surface area (Å²) in [5.74, 6) is 6.09. The highest BCUT2D eigenvalue weighted by atomic mass is 16.3. The van der Waals surface area contributed by atoms with E-state index in [4.69, 9.17) is 10.8 Å². The van der Waals surface area contributed by atoms with Crippen LogP contribution in [-0.2, 0) is 6.54 Å². The third kappa shape index (κ3) is 3.69. The number of pyridine rings is 1. The summed E-state index contributed by atoms with van der Waals surface area (Å²) in [6.07, 6.45) is 8.55. The lowest BCUT2D eigenvalue weighted by Crippen LogP contribution is -2.48. The normalized spacial score (nSPS) is 17.2. The van der Waals surface area contributed by atoms with Gasteiger partial charge in [0.05, 0.1) is 24.0 Å². The third-order valence-corrected chi connectivity index (χ3v) is 6.57. The SMILES string of the molecule is CCn1cc2nc(N)nc(-c3cn(C4CN(C5CC5)C4)c4cnc(C#CC(C)(C)O)cc34)c2n1. The van der Waals surface area contributed by atoms with E-state index in [0.29, 0.717) is 17.4 Å². The van der Waals surface area contributed by atoms with Crippen molar-refractivity contribution in [3.63, 3.8) is 0 Å². The molecule has 0 bridgehead atoms. The van der Waals surface area contributed by atoms with E-state index in [0.717, 1.165) is 53.2 Å². The molecule has 9 nitrogen and oxygen atoms in total. The van der Waals surface area contributed by atoms with E-state index in [2.05, 4.69) is 42.5 Å². The number of nitrogens with zero attached hydrogens (tertiary/aromatic N) is 7. The highest BCUT2D eigenvalue weighted by molar-refractivity contribution is 6.02. The summed E-state index contributed by atoms with van der Waals surface area (Å²) in [5, 5.41) is 15.8. The Hall–Kier alpha value is -3.48. The Kier molecular flexibility index (Phi) is 4.66. The zero-order chi connectivity index (χ0) is 23.6. The number of hydrogen-bond donors (Lipinski definition) is 2. The number of rotatable bonds is 4. The molecule has 0 atom stereocenters. The van der Waals surface area contributed by atoms with E-state index in [1.165, 1.54) is 12.8 Å². The van der Waals surface area contributed by atoms with Gasteiger partial charge in [-0.15, -0.1) is 0 Å². The lowest BCUT2D eigenvalue weighted by Gasteiger charge is -2.40. The van der Waals surface area contributed by atoms with E-state index < -0.39 is 5.60 Å². The number of aromatic nitrogens is 6. The summed E-state index contributed by atoms with van der Waals surface area (Å²) in [6, 6.07) is 3.12. The number of aliphatic hydroxyl groups is 1. The highest BCUT2D eigenvalue weighted by Crippen LogP contribution is 2.39. The molecule has 2 aliphatic rings. The van der Waals surface area contributed by atoms with E-state index in [1.807, 2.05) is 30.1 Å². The van der Waals surface area contributed by atoms with Gasteiger partial charge in [0, 0.05) is 42.8 Å². The van der Waals surface area contributed by atoms with Crippen molar-refractivity contribution in [2.45, 2.75) is 57.8 Å². The van der Waals surface area contributed by atoms with Gasteiger partial charge in [-0.2, -0.15) is 5.10 Å². The van der Waals surface area contributed by atoms with Gasteiger partial charge >= 0.3 is 0 Å². The Morgan fingerprint density at radius 1 is 1.18 bits per heavy atom. The Balaban J connectivity index is 1.53. The molecular formula is C25H28N8O. The van der Waals surface area contributed by atoms with E-state index >= 15 is 0 Å². The molecule has 0 unspecified atom stereocenters. The van der Waals surface area contributed by atoms with Gasteiger partial charge in [-0.1, -0.05) is 5.92 Å². The first kappa shape index (κ1) is 21.1. The zero-order valence-corrected chi connectivity index (χ0v) is 19.7. The molecule has 0 aromatic carbocycles. The first-order valence-corrected chi connectivity index (χ1v) is 11.8. The fraction of sp³-hybridized carbons (Fsp3) is 0.440. The van der Waals surface area contributed by atoms with Crippen molar-refractivity contribution in [2.24, 2.45) is 0 Å². The fourth-order valence-electron chi connectivity index (χ4n) is 4.65. The molecule has 5 heterocycles. The van der Waals surface area contributed by atoms with Gasteiger partial charge in [-0.3, -0.25) is 9.58 Å². The predicted octanol–water partition coefficient (Wildman–Crippen LogP) is 2.59. The van der Waals surface area contributed by atoms with E-state index in [1.54, 1.807) is 13.8 Å². The number of hydrogen-bond acceptors (Lipinski definition) is 7. The second-order valence-corrected chi connectivity index (χ2v) is 9.83. The maximum absolute atomic E-state index is 10.0. The minimum Gasteiger partial charge on any atom is -0.378 e. The predicted molar refractivity (Wildman–Crippen MR) is 131 cm³/mol. The topological polar surface area (TPSA) is 111 Å². The van der Waals surface area contributed by atoms with E-state index in [9.17, 15) is 5.11 Å². The number of likely N-dealkylation sites (tertiary alicyclic amines) is 1. The molecule has 174 valence electrons. The summed E-state index contributed by atoms with van der Waals surface area (Å²) in [6.45, 7) is 8.17. The van der Waals surface area contributed by atoms with Crippen LogP contribution in [-0.4, -0.2) is 64.0 Å². The molecule has 1 saturated carbocycles. The average Bonchev–Trinajstić information content (AvgIpc) is 3.39. The smallest absolute Gasteiger partial charge is 0.221 e. The number of nitrogens with two attached hydrogens (primary N) is 1. The van der Waals surface area contributed by atoms with Gasteiger partial charge in [0.25, 0.3) is 0 Å². The maximum atomic E-state index is 10.0. The molecule has 34 heavy (non-hydrogen) atoms. The second kappa shape index (κ2) is 7.52. The lowest BCUT2D eigenvalue weighted by molar-refractivity contribution is 0.101. The van der Waals surface area contributed by atoms with Crippen LogP contribution in [0.15, 0.2) is 24.7 Å². The van der Waals surface area contributed by atoms with Crippen molar-refractivity contribution in [2.75, 3.05) is 18.8 Å². The summed E-state index contributed by atoms with van der Waals surface area (Å²) in [4.78, 5) is 16.2. The average molecular weight is 457 g/mol. The second-order valence-electron chi connectivity index (χ2n) is 9.83. The molecule has 9 heteroatoms. The van der Waals surface area contributed by atoms with Crippen molar-refractivity contribution < 1.29 is 5.11 Å². The van der Waals surface area contributed by atoms with Gasteiger partial charge in [-0.05, 0) is 45.6 Å². The summed E-state index contributed by atoms with van der Waals surface area (Å²) < 4.78 is 4.16. The van der Waals surface area contributed by atoms with Crippen LogP contribution in [0, 0.1) is 11.8 Å². The number of aryl methyl sites for hydroxylation is 1. The monoisotopic (exact) mass is 456 g/mol. The van der Waals surface area contributed by atoms with Crippen molar-refractivity contribution >= 4 is 27.9 Å². The number of nitrogen functional groups attached to an aromatic ring is 1. The Bertz CT molecular complexity index is 1470. The molecule has 6 rings (SSSR count). The van der Waals surface area contributed by atoms with Gasteiger partial charge in [0.1, 0.15) is 28.0 Å². The zero-order valence-electron chi connectivity index (χ0n) is 19.7. The largest absolute Gasteiger partial charge is 0.378 e.